The fraction of sp³-hybridized carbons (Fsp3) is 0.515. The lowest BCUT2D eigenvalue weighted by Gasteiger charge is -2.45. The van der Waals surface area contributed by atoms with E-state index in [0.717, 1.165) is 18.4 Å². The summed E-state index contributed by atoms with van der Waals surface area (Å²) in [5, 5.41) is 2.73. The van der Waals surface area contributed by atoms with Crippen molar-refractivity contribution < 1.29 is 14.3 Å². The first-order valence-electron chi connectivity index (χ1n) is 15.3. The van der Waals surface area contributed by atoms with Crippen LogP contribution in [-0.2, 0) is 9.53 Å². The number of fused-ring (bicyclic) bond motifs is 3. The molecule has 2 bridgehead atoms. The van der Waals surface area contributed by atoms with Gasteiger partial charge in [0.25, 0.3) is 11.5 Å². The SMILES string of the molecule is COC(=O)[C@@H](NC(=O)c1nc2ccccc2n([C@H]2C[C@H]3CC[C@@H](C2)N3C2CCCCCCC2)c1=O)c1ccccc1. The van der Waals surface area contributed by atoms with E-state index in [1.54, 1.807) is 24.3 Å². The molecule has 8 nitrogen and oxygen atoms in total. The predicted molar refractivity (Wildman–Crippen MR) is 158 cm³/mol. The zero-order chi connectivity index (χ0) is 28.3. The van der Waals surface area contributed by atoms with E-state index in [1.165, 1.54) is 64.9 Å². The zero-order valence-corrected chi connectivity index (χ0v) is 23.8. The minimum absolute atomic E-state index is 0.00483. The summed E-state index contributed by atoms with van der Waals surface area (Å²) in [6.07, 6.45) is 13.4. The van der Waals surface area contributed by atoms with Gasteiger partial charge in [0.1, 0.15) is 0 Å². The number of benzene rings is 2. The minimum atomic E-state index is -1.04. The number of rotatable bonds is 6. The monoisotopic (exact) mass is 556 g/mol. The zero-order valence-electron chi connectivity index (χ0n) is 23.8. The number of para-hydroxylation sites is 2. The minimum Gasteiger partial charge on any atom is -0.467 e. The number of ether oxygens (including phenoxy) is 1. The fourth-order valence-electron chi connectivity index (χ4n) is 7.63. The molecule has 2 aliphatic heterocycles. The average molecular weight is 557 g/mol. The fourth-order valence-corrected chi connectivity index (χ4v) is 7.63. The number of nitrogens with one attached hydrogen (secondary N) is 1. The van der Waals surface area contributed by atoms with Crippen LogP contribution in [0.15, 0.2) is 59.4 Å². The van der Waals surface area contributed by atoms with Crippen molar-refractivity contribution in [2.24, 2.45) is 0 Å². The Bertz CT molecular complexity index is 1430. The van der Waals surface area contributed by atoms with E-state index in [4.69, 9.17) is 4.74 Å². The smallest absolute Gasteiger partial charge is 0.333 e. The maximum Gasteiger partial charge on any atom is 0.333 e. The number of esters is 1. The van der Waals surface area contributed by atoms with Crippen LogP contribution in [0.1, 0.15) is 98.8 Å². The molecule has 1 saturated carbocycles. The molecule has 1 amide bonds. The summed E-state index contributed by atoms with van der Waals surface area (Å²) in [5.41, 5.74) is 1.34. The Labute approximate surface area is 241 Å². The summed E-state index contributed by atoms with van der Waals surface area (Å²) in [7, 11) is 1.28. The lowest BCUT2D eigenvalue weighted by molar-refractivity contribution is -0.143. The Hall–Kier alpha value is -3.52. The van der Waals surface area contributed by atoms with Crippen LogP contribution in [0.4, 0.5) is 0 Å². The second-order valence-electron chi connectivity index (χ2n) is 11.9. The number of carbonyl (C=O) groups excluding carboxylic acids is 2. The molecule has 0 radical (unpaired) electrons. The van der Waals surface area contributed by atoms with Crippen molar-refractivity contribution >= 4 is 22.9 Å². The number of aromatic nitrogens is 2. The highest BCUT2D eigenvalue weighted by Crippen LogP contribution is 2.44. The molecule has 0 unspecified atom stereocenters. The average Bonchev–Trinajstić information content (AvgIpc) is 3.23. The van der Waals surface area contributed by atoms with Gasteiger partial charge in [-0.25, -0.2) is 9.78 Å². The van der Waals surface area contributed by atoms with Crippen LogP contribution in [0.3, 0.4) is 0 Å². The molecule has 4 atom stereocenters. The lowest BCUT2D eigenvalue weighted by Crippen LogP contribution is -2.50. The second-order valence-corrected chi connectivity index (χ2v) is 11.9. The highest BCUT2D eigenvalue weighted by molar-refractivity contribution is 5.96. The number of hydrogen-bond donors (Lipinski definition) is 1. The first-order valence-corrected chi connectivity index (χ1v) is 15.3. The van der Waals surface area contributed by atoms with Crippen LogP contribution >= 0.6 is 0 Å². The first-order chi connectivity index (χ1) is 20.0. The van der Waals surface area contributed by atoms with E-state index in [2.05, 4.69) is 15.2 Å². The van der Waals surface area contributed by atoms with E-state index in [9.17, 15) is 14.4 Å². The van der Waals surface area contributed by atoms with Gasteiger partial charge in [0.05, 0.1) is 18.1 Å². The molecule has 1 aliphatic carbocycles. The van der Waals surface area contributed by atoms with Crippen LogP contribution in [0.2, 0.25) is 0 Å². The van der Waals surface area contributed by atoms with E-state index < -0.39 is 23.5 Å². The molecule has 6 rings (SSSR count). The summed E-state index contributed by atoms with van der Waals surface area (Å²) in [5.74, 6) is -1.28. The summed E-state index contributed by atoms with van der Waals surface area (Å²) >= 11 is 0. The molecule has 3 aromatic rings. The van der Waals surface area contributed by atoms with Gasteiger partial charge in [-0.05, 0) is 56.2 Å². The van der Waals surface area contributed by atoms with Crippen LogP contribution in [0.25, 0.3) is 11.0 Å². The number of piperidine rings is 1. The highest BCUT2D eigenvalue weighted by Gasteiger charge is 2.44. The van der Waals surface area contributed by atoms with Gasteiger partial charge in [-0.3, -0.25) is 14.5 Å². The van der Waals surface area contributed by atoms with Crippen LogP contribution in [-0.4, -0.2) is 51.6 Å². The van der Waals surface area contributed by atoms with Crippen molar-refractivity contribution in [2.45, 2.75) is 101 Å². The van der Waals surface area contributed by atoms with Crippen molar-refractivity contribution in [1.82, 2.24) is 19.8 Å². The molecule has 1 aromatic heterocycles. The largest absolute Gasteiger partial charge is 0.467 e. The van der Waals surface area contributed by atoms with E-state index in [0.29, 0.717) is 29.2 Å². The van der Waals surface area contributed by atoms with Crippen molar-refractivity contribution in [3.63, 3.8) is 0 Å². The number of hydrogen-bond acceptors (Lipinski definition) is 6. The molecule has 0 spiro atoms. The maximum absolute atomic E-state index is 14.1. The van der Waals surface area contributed by atoms with Gasteiger partial charge >= 0.3 is 5.97 Å². The quantitative estimate of drug-likeness (QED) is 0.413. The van der Waals surface area contributed by atoms with Gasteiger partial charge in [-0.1, -0.05) is 74.6 Å². The van der Waals surface area contributed by atoms with E-state index in [-0.39, 0.29) is 11.7 Å². The van der Waals surface area contributed by atoms with Gasteiger partial charge in [0, 0.05) is 24.2 Å². The molecule has 1 N–H and O–H groups in total. The van der Waals surface area contributed by atoms with Gasteiger partial charge in [-0.2, -0.15) is 0 Å². The number of amides is 1. The molecule has 2 saturated heterocycles. The molecule has 3 heterocycles. The Kier molecular flexibility index (Phi) is 8.19. The Morgan fingerprint density at radius 2 is 1.46 bits per heavy atom. The topological polar surface area (TPSA) is 93.5 Å². The third kappa shape index (κ3) is 5.54. The van der Waals surface area contributed by atoms with Crippen molar-refractivity contribution in [1.29, 1.82) is 0 Å². The molecular weight excluding hydrogens is 516 g/mol. The Morgan fingerprint density at radius 1 is 0.829 bits per heavy atom. The third-order valence-electron chi connectivity index (χ3n) is 9.48. The molecule has 2 aromatic carbocycles. The van der Waals surface area contributed by atoms with Crippen LogP contribution in [0.5, 0.6) is 0 Å². The number of carbonyl (C=O) groups is 2. The normalized spacial score (nSPS) is 24.4. The number of nitrogens with zero attached hydrogens (tertiary/aromatic N) is 3. The lowest BCUT2D eigenvalue weighted by atomic mass is 9.89. The molecular formula is C33H40N4O4. The molecule has 3 fully saturated rings. The van der Waals surface area contributed by atoms with Crippen LogP contribution < -0.4 is 10.9 Å². The van der Waals surface area contributed by atoms with Gasteiger partial charge < -0.3 is 14.6 Å². The second kappa shape index (κ2) is 12.1. The molecule has 41 heavy (non-hydrogen) atoms. The van der Waals surface area contributed by atoms with Crippen molar-refractivity contribution in [3.8, 4) is 0 Å². The molecule has 3 aliphatic rings. The van der Waals surface area contributed by atoms with Gasteiger partial charge in [-0.15, -0.1) is 0 Å². The maximum atomic E-state index is 14.1. The van der Waals surface area contributed by atoms with Crippen molar-refractivity contribution in [3.05, 3.63) is 76.2 Å². The summed E-state index contributed by atoms with van der Waals surface area (Å²) in [4.78, 5) is 47.6. The summed E-state index contributed by atoms with van der Waals surface area (Å²) in [6, 6.07) is 17.0. The van der Waals surface area contributed by atoms with Gasteiger partial charge in [0.2, 0.25) is 0 Å². The van der Waals surface area contributed by atoms with Crippen LogP contribution in [0, 0.1) is 0 Å². The Balaban J connectivity index is 1.31. The van der Waals surface area contributed by atoms with E-state index in [1.807, 2.05) is 34.9 Å². The predicted octanol–water partition coefficient (Wildman–Crippen LogP) is 5.32. The molecule has 8 heteroatoms. The van der Waals surface area contributed by atoms with E-state index >= 15 is 0 Å². The van der Waals surface area contributed by atoms with Gasteiger partial charge in [0.15, 0.2) is 11.7 Å². The Morgan fingerprint density at radius 3 is 2.15 bits per heavy atom. The summed E-state index contributed by atoms with van der Waals surface area (Å²) in [6.45, 7) is 0. The highest BCUT2D eigenvalue weighted by atomic mass is 16.5. The standard InChI is InChI=1S/C33H40N4O4/c1-41-33(40)29(22-12-6-5-7-13-22)35-31(38)30-32(39)37(28-17-11-10-16-27(28)34-30)26-20-24-18-19-25(21-26)36(24)23-14-8-3-2-4-9-15-23/h5-7,10-13,16-17,23-26,29H,2-4,8-9,14-15,18-21H2,1H3,(H,35,38)/t24-,25+,26+,29-/m0/s1. The summed E-state index contributed by atoms with van der Waals surface area (Å²) < 4.78 is 6.79. The first kappa shape index (κ1) is 27.6. The van der Waals surface area contributed by atoms with Crippen molar-refractivity contribution in [2.75, 3.05) is 7.11 Å². The molecule has 216 valence electrons. The third-order valence-corrected chi connectivity index (χ3v) is 9.48. The number of methoxy groups -OCH3 is 1.